The van der Waals surface area contributed by atoms with Crippen LogP contribution in [0, 0.1) is 0 Å². The van der Waals surface area contributed by atoms with E-state index in [4.69, 9.17) is 10.8 Å². The Balaban J connectivity index is 0.000001000. The van der Waals surface area contributed by atoms with Gasteiger partial charge in [0, 0.05) is 1.43 Å². The van der Waals surface area contributed by atoms with E-state index in [0.29, 0.717) is 12.3 Å². The van der Waals surface area contributed by atoms with Crippen molar-refractivity contribution in [2.45, 2.75) is 6.42 Å². The first-order valence-corrected chi connectivity index (χ1v) is 3.31. The Morgan fingerprint density at radius 2 is 1.90 bits per heavy atom. The summed E-state index contributed by atoms with van der Waals surface area (Å²) in [5, 5.41) is 8.89. The Labute approximate surface area is 61.8 Å². The van der Waals surface area contributed by atoms with Crippen molar-refractivity contribution in [3.63, 3.8) is 0 Å². The van der Waals surface area contributed by atoms with E-state index in [1.54, 1.807) is 12.1 Å². The number of nitrogens with two attached hydrogens (primary N) is 1. The molecular weight excluding hydrogens is 126 g/mol. The zero-order valence-corrected chi connectivity index (χ0v) is 5.75. The molecule has 10 heavy (non-hydrogen) atoms. The Hall–Kier alpha value is -1.02. The fourth-order valence-corrected chi connectivity index (χ4v) is 0.829. The van der Waals surface area contributed by atoms with Gasteiger partial charge in [0.2, 0.25) is 0 Å². The fourth-order valence-electron chi connectivity index (χ4n) is 0.829. The van der Waals surface area contributed by atoms with Crippen LogP contribution in [0.1, 0.15) is 6.99 Å². The molecule has 56 valence electrons. The van der Waals surface area contributed by atoms with Gasteiger partial charge >= 0.3 is 0 Å². The highest BCUT2D eigenvalue weighted by Gasteiger charge is 1.89. The molecule has 0 unspecified atom stereocenters. The average molecular weight is 139 g/mol. The van der Waals surface area contributed by atoms with Gasteiger partial charge in [0.1, 0.15) is 5.75 Å². The van der Waals surface area contributed by atoms with Gasteiger partial charge in [-0.25, -0.2) is 0 Å². The maximum Gasteiger partial charge on any atom is 0.115 e. The predicted octanol–water partition coefficient (Wildman–Crippen LogP) is 1.14. The molecule has 1 aromatic rings. The van der Waals surface area contributed by atoms with Crippen molar-refractivity contribution in [2.24, 2.45) is 5.73 Å². The third-order valence-electron chi connectivity index (χ3n) is 1.37. The lowest BCUT2D eigenvalue weighted by Crippen LogP contribution is -2.01. The standard InChI is InChI=1S/C8H11NO.H2/c9-6-5-7-1-3-8(10)4-2-7;/h1-4,10H,5-6,9H2;1H. The van der Waals surface area contributed by atoms with Crippen LogP contribution in [-0.4, -0.2) is 11.7 Å². The smallest absolute Gasteiger partial charge is 0.115 e. The van der Waals surface area contributed by atoms with Crippen molar-refractivity contribution >= 4 is 0 Å². The van der Waals surface area contributed by atoms with Gasteiger partial charge in [0.05, 0.1) is 0 Å². The number of benzene rings is 1. The molecule has 0 saturated carbocycles. The fraction of sp³-hybridized carbons (Fsp3) is 0.250. The van der Waals surface area contributed by atoms with E-state index in [0.717, 1.165) is 6.42 Å². The van der Waals surface area contributed by atoms with Gasteiger partial charge < -0.3 is 10.8 Å². The molecule has 0 amide bonds. The molecule has 3 N–H and O–H groups in total. The maximum atomic E-state index is 8.89. The number of hydrogen-bond acceptors (Lipinski definition) is 2. The van der Waals surface area contributed by atoms with Crippen LogP contribution in [0.25, 0.3) is 0 Å². The van der Waals surface area contributed by atoms with Crippen LogP contribution >= 0.6 is 0 Å². The van der Waals surface area contributed by atoms with Gasteiger partial charge in [-0.15, -0.1) is 0 Å². The first-order chi connectivity index (χ1) is 4.83. The monoisotopic (exact) mass is 139 g/mol. The van der Waals surface area contributed by atoms with Crippen LogP contribution in [0.15, 0.2) is 24.3 Å². The van der Waals surface area contributed by atoms with Crippen LogP contribution in [0.2, 0.25) is 0 Å². The molecule has 0 heterocycles. The molecule has 2 heteroatoms. The zero-order chi connectivity index (χ0) is 7.40. The number of rotatable bonds is 2. The topological polar surface area (TPSA) is 46.2 Å². The molecule has 2 nitrogen and oxygen atoms in total. The van der Waals surface area contributed by atoms with Crippen LogP contribution in [0.3, 0.4) is 0 Å². The van der Waals surface area contributed by atoms with Crippen molar-refractivity contribution in [3.05, 3.63) is 29.8 Å². The third kappa shape index (κ3) is 1.74. The molecule has 0 spiro atoms. The maximum absolute atomic E-state index is 8.89. The van der Waals surface area contributed by atoms with E-state index in [9.17, 15) is 0 Å². The van der Waals surface area contributed by atoms with Crippen molar-refractivity contribution < 1.29 is 6.53 Å². The van der Waals surface area contributed by atoms with Crippen LogP contribution < -0.4 is 5.73 Å². The zero-order valence-electron chi connectivity index (χ0n) is 5.75. The highest BCUT2D eigenvalue weighted by Crippen LogP contribution is 2.09. The molecule has 0 aromatic heterocycles. The Morgan fingerprint density at radius 1 is 1.30 bits per heavy atom. The third-order valence-corrected chi connectivity index (χ3v) is 1.37. The van der Waals surface area contributed by atoms with Crippen LogP contribution in [0.5, 0.6) is 5.75 Å². The molecule has 0 aliphatic rings. The van der Waals surface area contributed by atoms with Gasteiger partial charge in [-0.2, -0.15) is 0 Å². The summed E-state index contributed by atoms with van der Waals surface area (Å²) in [6.45, 7) is 0.658. The summed E-state index contributed by atoms with van der Waals surface area (Å²) in [5.74, 6) is 0.306. The molecule has 0 saturated heterocycles. The van der Waals surface area contributed by atoms with E-state index in [1.807, 2.05) is 12.1 Å². The quantitative estimate of drug-likeness (QED) is 0.645. The van der Waals surface area contributed by atoms with E-state index >= 15 is 0 Å². The van der Waals surface area contributed by atoms with E-state index in [2.05, 4.69) is 0 Å². The highest BCUT2D eigenvalue weighted by atomic mass is 16.3. The molecule has 0 fully saturated rings. The highest BCUT2D eigenvalue weighted by molar-refractivity contribution is 5.25. The SMILES string of the molecule is NCCc1ccc(O)cc1.[HH]. The molecule has 0 aliphatic carbocycles. The molecule has 0 radical (unpaired) electrons. The lowest BCUT2D eigenvalue weighted by atomic mass is 10.1. The van der Waals surface area contributed by atoms with Gasteiger partial charge in [0.25, 0.3) is 0 Å². The summed E-state index contributed by atoms with van der Waals surface area (Å²) in [5.41, 5.74) is 6.50. The minimum atomic E-state index is 0. The van der Waals surface area contributed by atoms with Crippen LogP contribution in [0.4, 0.5) is 0 Å². The Kier molecular flexibility index (Phi) is 2.29. The largest absolute Gasteiger partial charge is 0.508 e. The van der Waals surface area contributed by atoms with Crippen molar-refractivity contribution in [3.8, 4) is 5.75 Å². The second-order valence-electron chi connectivity index (χ2n) is 2.21. The number of phenolic OH excluding ortho intramolecular Hbond substituents is 1. The van der Waals surface area contributed by atoms with Gasteiger partial charge in [0.15, 0.2) is 0 Å². The van der Waals surface area contributed by atoms with Crippen LogP contribution in [-0.2, 0) is 6.42 Å². The summed E-state index contributed by atoms with van der Waals surface area (Å²) < 4.78 is 0. The predicted molar refractivity (Wildman–Crippen MR) is 43.0 cm³/mol. The summed E-state index contributed by atoms with van der Waals surface area (Å²) in [4.78, 5) is 0. The van der Waals surface area contributed by atoms with E-state index in [-0.39, 0.29) is 1.43 Å². The van der Waals surface area contributed by atoms with Gasteiger partial charge in [-0.05, 0) is 30.7 Å². The normalized spacial score (nSPS) is 9.70. The second kappa shape index (κ2) is 3.22. The Morgan fingerprint density at radius 3 is 2.40 bits per heavy atom. The molecule has 0 bridgehead atoms. The molecule has 0 atom stereocenters. The van der Waals surface area contributed by atoms with Crippen molar-refractivity contribution in [1.29, 1.82) is 0 Å². The number of aromatic hydroxyl groups is 1. The first kappa shape index (κ1) is 7.09. The molecule has 0 aliphatic heterocycles. The summed E-state index contributed by atoms with van der Waals surface area (Å²) in [6.07, 6.45) is 0.875. The second-order valence-corrected chi connectivity index (χ2v) is 2.21. The minimum absolute atomic E-state index is 0. The lowest BCUT2D eigenvalue weighted by Gasteiger charge is -1.96. The molecule has 1 rings (SSSR count). The Bertz CT molecular complexity index is 198. The number of hydrogen-bond donors (Lipinski definition) is 2. The lowest BCUT2D eigenvalue weighted by molar-refractivity contribution is 0.475. The number of phenols is 1. The van der Waals surface area contributed by atoms with Gasteiger partial charge in [-0.3, -0.25) is 0 Å². The van der Waals surface area contributed by atoms with Crippen molar-refractivity contribution in [2.75, 3.05) is 6.54 Å². The van der Waals surface area contributed by atoms with Gasteiger partial charge in [-0.1, -0.05) is 12.1 Å². The molecular formula is C8H13NO. The average Bonchev–Trinajstić information content (AvgIpc) is 1.95. The summed E-state index contributed by atoms with van der Waals surface area (Å²) in [6, 6.07) is 7.10. The van der Waals surface area contributed by atoms with E-state index in [1.165, 1.54) is 5.56 Å². The first-order valence-electron chi connectivity index (χ1n) is 3.31. The summed E-state index contributed by atoms with van der Waals surface area (Å²) in [7, 11) is 0. The molecule has 1 aromatic carbocycles. The minimum Gasteiger partial charge on any atom is -0.508 e. The summed E-state index contributed by atoms with van der Waals surface area (Å²) >= 11 is 0. The van der Waals surface area contributed by atoms with E-state index < -0.39 is 0 Å². The van der Waals surface area contributed by atoms with Crippen molar-refractivity contribution in [1.82, 2.24) is 0 Å².